The average molecular weight is 513 g/mol. The third kappa shape index (κ3) is 5.67. The number of alkyl halides is 1. The van der Waals surface area contributed by atoms with Crippen LogP contribution in [0.3, 0.4) is 0 Å². The Morgan fingerprint density at radius 3 is 2.14 bits per heavy atom. The number of hydrogen-bond donors (Lipinski definition) is 0. The summed E-state index contributed by atoms with van der Waals surface area (Å²) in [7, 11) is 1.72. The van der Waals surface area contributed by atoms with Crippen LogP contribution in [0, 0.1) is 5.41 Å². The summed E-state index contributed by atoms with van der Waals surface area (Å²) in [6, 6.07) is 18.2. The van der Waals surface area contributed by atoms with Crippen LogP contribution in [0.4, 0.5) is 4.79 Å². The fourth-order valence-corrected chi connectivity index (χ4v) is 5.49. The maximum Gasteiger partial charge on any atom is 0.256 e. The maximum atomic E-state index is 13.8. The summed E-state index contributed by atoms with van der Waals surface area (Å²) in [5.74, 6) is -0.479. The van der Waals surface area contributed by atoms with Crippen LogP contribution in [0.5, 0.6) is 0 Å². The minimum Gasteiger partial charge on any atom is -0.530 e. The van der Waals surface area contributed by atoms with Crippen LogP contribution in [0.1, 0.15) is 56.0 Å². The molecule has 2 unspecified atom stereocenters. The molecule has 0 bridgehead atoms. The van der Waals surface area contributed by atoms with Gasteiger partial charge < -0.3 is 24.6 Å². The number of halogens is 1. The summed E-state index contributed by atoms with van der Waals surface area (Å²) in [5, 5.41) is 11.7. The second-order valence-electron chi connectivity index (χ2n) is 10.5. The van der Waals surface area contributed by atoms with Gasteiger partial charge in [0.15, 0.2) is 0 Å². The Bertz CT molecular complexity index is 1060. The van der Waals surface area contributed by atoms with Crippen molar-refractivity contribution in [3.05, 3.63) is 71.8 Å². The fraction of sp³-hybridized carbons (Fsp3) is 0.464. The minimum atomic E-state index is -1.24. The predicted molar refractivity (Wildman–Crippen MR) is 138 cm³/mol. The van der Waals surface area contributed by atoms with Crippen LogP contribution in [0.25, 0.3) is 0 Å². The summed E-state index contributed by atoms with van der Waals surface area (Å²) >= 11 is 6.51. The van der Waals surface area contributed by atoms with E-state index in [1.165, 1.54) is 4.90 Å². The zero-order valence-electron chi connectivity index (χ0n) is 21.4. The third-order valence-corrected chi connectivity index (χ3v) is 7.21. The van der Waals surface area contributed by atoms with Gasteiger partial charge in [0.1, 0.15) is 17.8 Å². The number of hydrogen-bond acceptors (Lipinski definition) is 4. The smallest absolute Gasteiger partial charge is 0.256 e. The molecule has 8 heteroatoms. The van der Waals surface area contributed by atoms with Gasteiger partial charge in [-0.2, -0.15) is 0 Å². The molecule has 0 aromatic heterocycles. The van der Waals surface area contributed by atoms with E-state index in [1.54, 1.807) is 41.1 Å². The Morgan fingerprint density at radius 1 is 1.03 bits per heavy atom. The highest BCUT2D eigenvalue weighted by Gasteiger charge is 2.60. The topological polar surface area (TPSA) is 84.0 Å². The van der Waals surface area contributed by atoms with Gasteiger partial charge in [-0.25, -0.2) is 0 Å². The Morgan fingerprint density at radius 2 is 1.61 bits per heavy atom. The van der Waals surface area contributed by atoms with E-state index in [9.17, 15) is 19.5 Å². The van der Waals surface area contributed by atoms with E-state index in [0.717, 1.165) is 5.56 Å². The molecule has 1 saturated heterocycles. The van der Waals surface area contributed by atoms with Crippen LogP contribution in [-0.2, 0) is 11.3 Å². The molecule has 0 spiro atoms. The first-order valence-electron chi connectivity index (χ1n) is 12.2. The number of carboxylic acid groups (broad SMARTS) is 1. The van der Waals surface area contributed by atoms with Crippen molar-refractivity contribution < 1.29 is 19.5 Å². The lowest BCUT2D eigenvalue weighted by Crippen LogP contribution is -2.57. The van der Waals surface area contributed by atoms with Crippen LogP contribution in [0.15, 0.2) is 60.7 Å². The van der Waals surface area contributed by atoms with Gasteiger partial charge in [0, 0.05) is 31.1 Å². The van der Waals surface area contributed by atoms with Crippen molar-refractivity contribution in [1.82, 2.24) is 14.7 Å². The molecule has 1 aliphatic heterocycles. The first kappa shape index (κ1) is 27.5. The number of carbonyl (C=O) groups is 3. The van der Waals surface area contributed by atoms with Gasteiger partial charge in [-0.1, -0.05) is 69.3 Å². The number of unbranched alkanes of at least 4 members (excludes halogenated alkanes) is 1. The molecule has 0 radical (unpaired) electrons. The van der Waals surface area contributed by atoms with Gasteiger partial charge in [0.25, 0.3) is 11.8 Å². The van der Waals surface area contributed by atoms with E-state index in [0.29, 0.717) is 24.8 Å². The van der Waals surface area contributed by atoms with Crippen molar-refractivity contribution in [2.75, 3.05) is 19.5 Å². The monoisotopic (exact) mass is 512 g/mol. The molecule has 0 saturated carbocycles. The molecule has 0 aliphatic carbocycles. The maximum absolute atomic E-state index is 13.8. The second kappa shape index (κ2) is 11.3. The molecule has 2 aromatic carbocycles. The normalized spacial score (nSPS) is 20.0. The summed E-state index contributed by atoms with van der Waals surface area (Å²) in [6.45, 7) is 6.49. The van der Waals surface area contributed by atoms with Gasteiger partial charge in [0.2, 0.25) is 0 Å². The van der Waals surface area contributed by atoms with E-state index >= 15 is 0 Å². The Balaban J connectivity index is 1.81. The highest BCUT2D eigenvalue weighted by molar-refractivity contribution is 6.21. The van der Waals surface area contributed by atoms with Gasteiger partial charge in [-0.05, 0) is 37.0 Å². The van der Waals surface area contributed by atoms with Crippen LogP contribution >= 0.6 is 11.6 Å². The van der Waals surface area contributed by atoms with E-state index < -0.39 is 23.2 Å². The molecule has 3 amide bonds. The van der Waals surface area contributed by atoms with Crippen molar-refractivity contribution in [3.63, 3.8) is 0 Å². The molecular weight excluding hydrogens is 478 g/mol. The zero-order valence-corrected chi connectivity index (χ0v) is 22.2. The molecule has 194 valence electrons. The number of nitrogens with zero attached hydrogens (tertiary/aromatic N) is 3. The molecule has 1 heterocycles. The zero-order chi connectivity index (χ0) is 26.5. The van der Waals surface area contributed by atoms with E-state index in [4.69, 9.17) is 11.6 Å². The molecule has 3 rings (SSSR count). The number of amides is 3. The average Bonchev–Trinajstić information content (AvgIpc) is 3.08. The standard InChI is InChI=1S/C28H36ClN3O4/c1-27(2,3)24-30(4)25(34)28(20-29,32(24)23(33)22-15-9-6-10-16-22)17-11-12-18-31(26(35)36)19-21-13-7-5-8-14-21/h5-10,13-16,24H,11-12,17-20H2,1-4H3,(H,35,36)/p-1. The number of likely N-dealkylation sites (N-methyl/N-ethyl adjacent to an activating group) is 1. The molecule has 1 aliphatic rings. The van der Waals surface area contributed by atoms with Crippen molar-refractivity contribution in [2.45, 2.75) is 58.3 Å². The van der Waals surface area contributed by atoms with E-state index in [2.05, 4.69) is 0 Å². The highest BCUT2D eigenvalue weighted by atomic mass is 35.5. The minimum absolute atomic E-state index is 0.0461. The molecule has 1 fully saturated rings. The first-order chi connectivity index (χ1) is 17.0. The second-order valence-corrected chi connectivity index (χ2v) is 10.8. The predicted octanol–water partition coefficient (Wildman–Crippen LogP) is 3.97. The van der Waals surface area contributed by atoms with Gasteiger partial charge in [-0.3, -0.25) is 9.59 Å². The quantitative estimate of drug-likeness (QED) is 0.376. The summed E-state index contributed by atoms with van der Waals surface area (Å²) < 4.78 is 0. The molecule has 0 N–H and O–H groups in total. The molecule has 2 atom stereocenters. The van der Waals surface area contributed by atoms with Crippen molar-refractivity contribution >= 4 is 29.5 Å². The largest absolute Gasteiger partial charge is 0.530 e. The van der Waals surface area contributed by atoms with Crippen LogP contribution < -0.4 is 5.11 Å². The number of rotatable bonds is 9. The number of benzene rings is 2. The Hall–Kier alpha value is -3.06. The molecule has 2 aromatic rings. The Labute approximate surface area is 218 Å². The lowest BCUT2D eigenvalue weighted by atomic mass is 9.87. The first-order valence-corrected chi connectivity index (χ1v) is 12.8. The van der Waals surface area contributed by atoms with Crippen LogP contribution in [-0.4, -0.2) is 63.8 Å². The summed E-state index contributed by atoms with van der Waals surface area (Å²) in [5.41, 5.74) is -0.258. The van der Waals surface area contributed by atoms with Gasteiger partial charge in [-0.15, -0.1) is 11.6 Å². The van der Waals surface area contributed by atoms with Crippen LogP contribution in [0.2, 0.25) is 0 Å². The fourth-order valence-electron chi connectivity index (χ4n) is 5.12. The molecular formula is C28H35ClN3O4-. The molecule has 7 nitrogen and oxygen atoms in total. The lowest BCUT2D eigenvalue weighted by Gasteiger charge is -2.42. The summed E-state index contributed by atoms with van der Waals surface area (Å²) in [6.07, 6.45) is -0.369. The van der Waals surface area contributed by atoms with E-state index in [1.807, 2.05) is 57.2 Å². The lowest BCUT2D eigenvalue weighted by molar-refractivity contribution is -0.266. The highest BCUT2D eigenvalue weighted by Crippen LogP contribution is 2.43. The Kier molecular flexibility index (Phi) is 8.67. The van der Waals surface area contributed by atoms with Gasteiger partial charge in [0.05, 0.1) is 5.88 Å². The summed E-state index contributed by atoms with van der Waals surface area (Å²) in [4.78, 5) is 43.7. The third-order valence-electron chi connectivity index (χ3n) is 6.77. The van der Waals surface area contributed by atoms with E-state index in [-0.39, 0.29) is 30.8 Å². The van der Waals surface area contributed by atoms with Crippen molar-refractivity contribution in [1.29, 1.82) is 0 Å². The van der Waals surface area contributed by atoms with Gasteiger partial charge >= 0.3 is 0 Å². The SMILES string of the molecule is CN1C(=O)C(CCl)(CCCCN(Cc2ccccc2)C(=O)[O-])N(C(=O)c2ccccc2)C1C(C)(C)C. The molecule has 36 heavy (non-hydrogen) atoms. The number of carbonyl (C=O) groups excluding carboxylic acids is 3. The van der Waals surface area contributed by atoms with Crippen molar-refractivity contribution in [2.24, 2.45) is 5.41 Å². The van der Waals surface area contributed by atoms with Crippen molar-refractivity contribution in [3.8, 4) is 0 Å².